The number of hydrogen-bond donors (Lipinski definition) is 1. The van der Waals surface area contributed by atoms with Crippen LogP contribution in [0.5, 0.6) is 0 Å². The van der Waals surface area contributed by atoms with Gasteiger partial charge in [0.1, 0.15) is 5.15 Å². The number of nitrogens with two attached hydrogens (primary N) is 1. The lowest BCUT2D eigenvalue weighted by Crippen LogP contribution is -1.96. The van der Waals surface area contributed by atoms with E-state index in [1.54, 1.807) is 12.1 Å². The summed E-state index contributed by atoms with van der Waals surface area (Å²) in [6.45, 7) is 0. The Labute approximate surface area is 111 Å². The Hall–Kier alpha value is -0.840. The van der Waals surface area contributed by atoms with Crippen LogP contribution in [-0.4, -0.2) is 9.97 Å². The largest absolute Gasteiger partial charge is 0.368 e. The summed E-state index contributed by atoms with van der Waals surface area (Å²) in [6.07, 6.45) is 0. The second kappa shape index (κ2) is 4.57. The molecule has 82 valence electrons. The molecule has 0 aliphatic heterocycles. The molecule has 0 saturated carbocycles. The Kier molecular flexibility index (Phi) is 3.33. The van der Waals surface area contributed by atoms with Gasteiger partial charge in [0, 0.05) is 16.1 Å². The maximum atomic E-state index is 6.07. The van der Waals surface area contributed by atoms with Crippen LogP contribution in [0.15, 0.2) is 28.7 Å². The van der Waals surface area contributed by atoms with Gasteiger partial charge in [-0.05, 0) is 18.2 Å². The van der Waals surface area contributed by atoms with Crippen LogP contribution in [0.1, 0.15) is 0 Å². The van der Waals surface area contributed by atoms with Crippen LogP contribution in [0.25, 0.3) is 11.3 Å². The number of hydrogen-bond acceptors (Lipinski definition) is 3. The topological polar surface area (TPSA) is 51.8 Å². The molecule has 1 heterocycles. The highest BCUT2D eigenvalue weighted by Crippen LogP contribution is 2.30. The van der Waals surface area contributed by atoms with Crippen LogP contribution in [-0.2, 0) is 0 Å². The van der Waals surface area contributed by atoms with Gasteiger partial charge in [0.2, 0.25) is 5.95 Å². The van der Waals surface area contributed by atoms with Crippen molar-refractivity contribution < 1.29 is 0 Å². The zero-order chi connectivity index (χ0) is 11.7. The second-order valence-electron chi connectivity index (χ2n) is 3.06. The minimum atomic E-state index is 0.124. The van der Waals surface area contributed by atoms with Crippen molar-refractivity contribution >= 4 is 45.1 Å². The Bertz CT molecular complexity index is 525. The first kappa shape index (κ1) is 11.6. The molecule has 2 N–H and O–H groups in total. The molecule has 0 unspecified atom stereocenters. The fourth-order valence-electron chi connectivity index (χ4n) is 1.27. The van der Waals surface area contributed by atoms with Crippen LogP contribution in [0.4, 0.5) is 5.95 Å². The molecule has 3 nitrogen and oxygen atoms in total. The molecule has 0 fully saturated rings. The quantitative estimate of drug-likeness (QED) is 0.814. The predicted molar refractivity (Wildman–Crippen MR) is 69.6 cm³/mol. The molecule has 16 heavy (non-hydrogen) atoms. The van der Waals surface area contributed by atoms with Gasteiger partial charge in [-0.15, -0.1) is 0 Å². The predicted octanol–water partition coefficient (Wildman–Crippen LogP) is 3.80. The van der Waals surface area contributed by atoms with Crippen molar-refractivity contribution in [3.8, 4) is 11.3 Å². The molecule has 1 aromatic carbocycles. The van der Waals surface area contributed by atoms with Gasteiger partial charge in [-0.3, -0.25) is 0 Å². The number of nitrogen functional groups attached to an aromatic ring is 1. The summed E-state index contributed by atoms with van der Waals surface area (Å²) in [5.74, 6) is 0.124. The third-order valence-electron chi connectivity index (χ3n) is 1.92. The van der Waals surface area contributed by atoms with E-state index in [4.69, 9.17) is 28.9 Å². The molecule has 0 aliphatic carbocycles. The van der Waals surface area contributed by atoms with E-state index in [9.17, 15) is 0 Å². The fourth-order valence-corrected chi connectivity index (χ4v) is 2.03. The summed E-state index contributed by atoms with van der Waals surface area (Å²) in [4.78, 5) is 7.87. The fraction of sp³-hybridized carbons (Fsp3) is 0. The number of rotatable bonds is 1. The van der Waals surface area contributed by atoms with E-state index < -0.39 is 0 Å². The minimum Gasteiger partial charge on any atom is -0.368 e. The standard InChI is InChI=1S/C10H6BrCl2N3/c11-5-1-2-7(12)6(3-5)8-4-9(13)16-10(14)15-8/h1-4H,(H2,14,15,16). The van der Waals surface area contributed by atoms with Gasteiger partial charge in [-0.1, -0.05) is 39.1 Å². The van der Waals surface area contributed by atoms with Crippen molar-refractivity contribution in [1.82, 2.24) is 9.97 Å². The number of nitrogens with zero attached hydrogens (tertiary/aromatic N) is 2. The first-order valence-electron chi connectivity index (χ1n) is 4.32. The number of anilines is 1. The van der Waals surface area contributed by atoms with Crippen LogP contribution in [0.3, 0.4) is 0 Å². The monoisotopic (exact) mass is 317 g/mol. The number of benzene rings is 1. The lowest BCUT2D eigenvalue weighted by molar-refractivity contribution is 1.19. The molecule has 0 amide bonds. The highest BCUT2D eigenvalue weighted by Gasteiger charge is 2.08. The SMILES string of the molecule is Nc1nc(Cl)cc(-c2cc(Br)ccc2Cl)n1. The van der Waals surface area contributed by atoms with Crippen molar-refractivity contribution in [1.29, 1.82) is 0 Å². The average molecular weight is 319 g/mol. The summed E-state index contributed by atoms with van der Waals surface area (Å²) in [7, 11) is 0. The highest BCUT2D eigenvalue weighted by molar-refractivity contribution is 9.10. The Morgan fingerprint density at radius 1 is 1.12 bits per heavy atom. The molecule has 6 heteroatoms. The third kappa shape index (κ3) is 2.45. The zero-order valence-corrected chi connectivity index (χ0v) is 11.0. The average Bonchev–Trinajstić information content (AvgIpc) is 2.20. The van der Waals surface area contributed by atoms with Crippen molar-refractivity contribution in [3.05, 3.63) is 38.9 Å². The summed E-state index contributed by atoms with van der Waals surface area (Å²) in [5.41, 5.74) is 6.88. The van der Waals surface area contributed by atoms with Crippen molar-refractivity contribution in [2.75, 3.05) is 5.73 Å². The first-order chi connectivity index (χ1) is 7.56. The third-order valence-corrected chi connectivity index (χ3v) is 2.93. The van der Waals surface area contributed by atoms with Gasteiger partial charge in [-0.2, -0.15) is 0 Å². The smallest absolute Gasteiger partial charge is 0.221 e. The number of aromatic nitrogens is 2. The molecule has 0 spiro atoms. The molecule has 0 radical (unpaired) electrons. The normalized spacial score (nSPS) is 10.4. The highest BCUT2D eigenvalue weighted by atomic mass is 79.9. The summed E-state index contributed by atoms with van der Waals surface area (Å²) in [6, 6.07) is 7.08. The molecule has 0 atom stereocenters. The molecular weight excluding hydrogens is 313 g/mol. The molecule has 0 bridgehead atoms. The van der Waals surface area contributed by atoms with Gasteiger partial charge in [0.05, 0.1) is 10.7 Å². The molecule has 2 aromatic rings. The van der Waals surface area contributed by atoms with Crippen molar-refractivity contribution in [3.63, 3.8) is 0 Å². The first-order valence-corrected chi connectivity index (χ1v) is 5.86. The van der Waals surface area contributed by atoms with Gasteiger partial charge in [0.15, 0.2) is 0 Å². The van der Waals surface area contributed by atoms with E-state index >= 15 is 0 Å². The summed E-state index contributed by atoms with van der Waals surface area (Å²) in [5, 5.41) is 0.871. The molecule has 1 aromatic heterocycles. The van der Waals surface area contributed by atoms with E-state index in [1.807, 2.05) is 12.1 Å². The summed E-state index contributed by atoms with van der Waals surface area (Å²) >= 11 is 15.2. The molecule has 0 aliphatic rings. The summed E-state index contributed by atoms with van der Waals surface area (Å²) < 4.78 is 0.903. The maximum absolute atomic E-state index is 6.07. The van der Waals surface area contributed by atoms with Crippen molar-refractivity contribution in [2.24, 2.45) is 0 Å². The van der Waals surface area contributed by atoms with E-state index in [0.29, 0.717) is 15.9 Å². The van der Waals surface area contributed by atoms with Gasteiger partial charge in [0.25, 0.3) is 0 Å². The van der Waals surface area contributed by atoms with E-state index in [0.717, 1.165) is 10.0 Å². The molecular formula is C10H6BrCl2N3. The number of halogens is 3. The lowest BCUT2D eigenvalue weighted by Gasteiger charge is -2.05. The Morgan fingerprint density at radius 3 is 2.56 bits per heavy atom. The van der Waals surface area contributed by atoms with Crippen LogP contribution in [0, 0.1) is 0 Å². The zero-order valence-electron chi connectivity index (χ0n) is 7.92. The van der Waals surface area contributed by atoms with Crippen LogP contribution >= 0.6 is 39.1 Å². The molecule has 2 rings (SSSR count). The van der Waals surface area contributed by atoms with Gasteiger partial charge in [-0.25, -0.2) is 9.97 Å². The van der Waals surface area contributed by atoms with Crippen LogP contribution < -0.4 is 5.73 Å². The minimum absolute atomic E-state index is 0.124. The Balaban J connectivity index is 2.62. The second-order valence-corrected chi connectivity index (χ2v) is 4.77. The van der Waals surface area contributed by atoms with E-state index in [-0.39, 0.29) is 5.95 Å². The van der Waals surface area contributed by atoms with Crippen molar-refractivity contribution in [2.45, 2.75) is 0 Å². The lowest BCUT2D eigenvalue weighted by atomic mass is 10.1. The Morgan fingerprint density at radius 2 is 1.88 bits per heavy atom. The van der Waals surface area contributed by atoms with Crippen LogP contribution in [0.2, 0.25) is 10.2 Å². The molecule has 0 saturated heterocycles. The van der Waals surface area contributed by atoms with E-state index in [1.165, 1.54) is 0 Å². The van der Waals surface area contributed by atoms with Gasteiger partial charge < -0.3 is 5.73 Å². The maximum Gasteiger partial charge on any atom is 0.221 e. The van der Waals surface area contributed by atoms with E-state index in [2.05, 4.69) is 25.9 Å². The van der Waals surface area contributed by atoms with Gasteiger partial charge >= 0.3 is 0 Å².